The van der Waals surface area contributed by atoms with Crippen LogP contribution < -0.4 is 16.0 Å². The number of H-pyrrole nitrogens is 1. The molecule has 2 atom stereocenters. The first kappa shape index (κ1) is 21.2. The second kappa shape index (κ2) is 10.9. The molecule has 2 heterocycles. The van der Waals surface area contributed by atoms with Gasteiger partial charge in [-0.3, -0.25) is 14.4 Å². The molecule has 152 valence electrons. The number of carbonyl (C=O) groups excluding carboxylic acids is 4. The average Bonchev–Trinajstić information content (AvgIpc) is 3.21. The zero-order valence-corrected chi connectivity index (χ0v) is 15.8. The molecule has 1 aromatic heterocycles. The summed E-state index contributed by atoms with van der Waals surface area (Å²) in [7, 11) is 0. The predicted octanol–water partition coefficient (Wildman–Crippen LogP) is 0.265. The molecule has 1 fully saturated rings. The van der Waals surface area contributed by atoms with E-state index in [4.69, 9.17) is 4.74 Å². The van der Waals surface area contributed by atoms with Gasteiger partial charge in [-0.25, -0.2) is 4.79 Å². The fourth-order valence-electron chi connectivity index (χ4n) is 2.92. The maximum Gasteiger partial charge on any atom is 0.330 e. The molecule has 0 spiro atoms. The van der Waals surface area contributed by atoms with Gasteiger partial charge in [0.1, 0.15) is 5.69 Å². The quantitative estimate of drug-likeness (QED) is 0.355. The van der Waals surface area contributed by atoms with E-state index >= 15 is 0 Å². The number of piperidine rings is 1. The molecule has 0 radical (unpaired) electrons. The lowest BCUT2D eigenvalue weighted by Crippen LogP contribution is -2.44. The van der Waals surface area contributed by atoms with Crippen molar-refractivity contribution in [3.8, 4) is 0 Å². The summed E-state index contributed by atoms with van der Waals surface area (Å²) in [5.41, 5.74) is 0.352. The number of aromatic nitrogens is 1. The minimum absolute atomic E-state index is 0.0601. The number of rotatable bonds is 9. The third-order valence-corrected chi connectivity index (χ3v) is 4.29. The largest absolute Gasteiger partial charge is 0.463 e. The third-order valence-electron chi connectivity index (χ3n) is 4.29. The van der Waals surface area contributed by atoms with Gasteiger partial charge in [0, 0.05) is 30.8 Å². The molecule has 1 aromatic rings. The van der Waals surface area contributed by atoms with Gasteiger partial charge in [-0.1, -0.05) is 6.08 Å². The number of nitrogens with one attached hydrogen (secondary N) is 4. The monoisotopic (exact) mass is 390 g/mol. The number of ether oxygens (including phenoxy) is 1. The van der Waals surface area contributed by atoms with Gasteiger partial charge in [-0.05, 0) is 38.3 Å². The minimum atomic E-state index is -0.534. The van der Waals surface area contributed by atoms with Crippen molar-refractivity contribution in [1.82, 2.24) is 20.9 Å². The van der Waals surface area contributed by atoms with Crippen LogP contribution in [0.5, 0.6) is 0 Å². The Kier molecular flexibility index (Phi) is 8.26. The zero-order chi connectivity index (χ0) is 20.4. The highest BCUT2D eigenvalue weighted by atomic mass is 16.5. The van der Waals surface area contributed by atoms with Crippen LogP contribution in [0, 0.1) is 5.92 Å². The molecule has 1 aliphatic heterocycles. The van der Waals surface area contributed by atoms with E-state index in [1.165, 1.54) is 12.2 Å². The summed E-state index contributed by atoms with van der Waals surface area (Å²) in [6, 6.07) is 2.74. The van der Waals surface area contributed by atoms with E-state index in [0.29, 0.717) is 18.7 Å². The Balaban J connectivity index is 1.92. The fraction of sp³-hybridized carbons (Fsp3) is 0.474. The first-order valence-corrected chi connectivity index (χ1v) is 9.33. The lowest BCUT2D eigenvalue weighted by molar-refractivity contribution is -0.137. The van der Waals surface area contributed by atoms with Crippen molar-refractivity contribution in [2.45, 2.75) is 32.2 Å². The minimum Gasteiger partial charge on any atom is -0.463 e. The standard InChI is InChI=1S/C19H26N4O5/c1-2-28-17(25)8-7-14(11-13-5-3-10-21-18(13)26)23-16(24)12-22-19(27)15-6-4-9-20-15/h4,6-9,13-14,20H,2-3,5,10-12H2,1H3,(H,21,26)(H,22,27)(H,23,24)/b8-7+/t13?,14-/m1/s1. The van der Waals surface area contributed by atoms with Crippen molar-refractivity contribution in [2.75, 3.05) is 19.7 Å². The van der Waals surface area contributed by atoms with Crippen LogP contribution in [0.4, 0.5) is 0 Å². The van der Waals surface area contributed by atoms with Crippen molar-refractivity contribution in [2.24, 2.45) is 5.92 Å². The fourth-order valence-corrected chi connectivity index (χ4v) is 2.92. The summed E-state index contributed by atoms with van der Waals surface area (Å²) in [5.74, 6) is -1.65. The molecule has 0 bridgehead atoms. The predicted molar refractivity (Wildman–Crippen MR) is 101 cm³/mol. The molecule has 1 unspecified atom stereocenters. The lowest BCUT2D eigenvalue weighted by Gasteiger charge is -2.25. The van der Waals surface area contributed by atoms with E-state index < -0.39 is 23.8 Å². The maximum atomic E-state index is 12.2. The molecule has 28 heavy (non-hydrogen) atoms. The van der Waals surface area contributed by atoms with Crippen LogP contribution >= 0.6 is 0 Å². The van der Waals surface area contributed by atoms with Crippen LogP contribution in [0.1, 0.15) is 36.7 Å². The van der Waals surface area contributed by atoms with E-state index in [2.05, 4.69) is 20.9 Å². The summed E-state index contributed by atoms with van der Waals surface area (Å²) in [6.45, 7) is 2.37. The van der Waals surface area contributed by atoms with Crippen LogP contribution in [-0.4, -0.2) is 54.4 Å². The van der Waals surface area contributed by atoms with Gasteiger partial charge in [0.2, 0.25) is 11.8 Å². The summed E-state index contributed by atoms with van der Waals surface area (Å²) in [5, 5.41) is 8.06. The van der Waals surface area contributed by atoms with Crippen molar-refractivity contribution in [1.29, 1.82) is 0 Å². The third kappa shape index (κ3) is 6.90. The molecule has 9 nitrogen and oxygen atoms in total. The van der Waals surface area contributed by atoms with E-state index in [-0.39, 0.29) is 25.0 Å². The van der Waals surface area contributed by atoms with Crippen LogP contribution in [0.25, 0.3) is 0 Å². The maximum absolute atomic E-state index is 12.2. The second-order valence-corrected chi connectivity index (χ2v) is 6.42. The Morgan fingerprint density at radius 3 is 2.89 bits per heavy atom. The van der Waals surface area contributed by atoms with Gasteiger partial charge in [0.05, 0.1) is 13.2 Å². The van der Waals surface area contributed by atoms with Crippen molar-refractivity contribution < 1.29 is 23.9 Å². The van der Waals surface area contributed by atoms with Crippen LogP contribution in [0.2, 0.25) is 0 Å². The lowest BCUT2D eigenvalue weighted by atomic mass is 9.91. The molecule has 9 heteroatoms. The van der Waals surface area contributed by atoms with E-state index in [9.17, 15) is 19.2 Å². The van der Waals surface area contributed by atoms with Crippen molar-refractivity contribution >= 4 is 23.7 Å². The van der Waals surface area contributed by atoms with Gasteiger partial charge >= 0.3 is 5.97 Å². The SMILES string of the molecule is CCOC(=O)/C=C/[C@H](CC1CCCNC1=O)NC(=O)CNC(=O)c1ccc[nH]1. The van der Waals surface area contributed by atoms with E-state index in [1.54, 1.807) is 25.3 Å². The molecular weight excluding hydrogens is 364 g/mol. The number of esters is 1. The normalized spacial score (nSPS) is 17.6. The Morgan fingerprint density at radius 1 is 1.39 bits per heavy atom. The Labute approximate surface area is 163 Å². The molecule has 1 saturated heterocycles. The molecule has 0 aliphatic carbocycles. The first-order valence-electron chi connectivity index (χ1n) is 9.33. The Bertz CT molecular complexity index is 714. The molecular formula is C19H26N4O5. The highest BCUT2D eigenvalue weighted by Crippen LogP contribution is 2.18. The summed E-state index contributed by atoms with van der Waals surface area (Å²) in [6.07, 6.45) is 6.32. The molecule has 1 aliphatic rings. The van der Waals surface area contributed by atoms with E-state index in [1.807, 2.05) is 0 Å². The summed E-state index contributed by atoms with van der Waals surface area (Å²) < 4.78 is 4.85. The molecule has 3 amide bonds. The Morgan fingerprint density at radius 2 is 2.21 bits per heavy atom. The number of hydrogen-bond acceptors (Lipinski definition) is 5. The van der Waals surface area contributed by atoms with Crippen LogP contribution in [0.3, 0.4) is 0 Å². The Hall–Kier alpha value is -3.10. The van der Waals surface area contributed by atoms with Gasteiger partial charge in [0.25, 0.3) is 5.91 Å². The van der Waals surface area contributed by atoms with Crippen LogP contribution in [0.15, 0.2) is 30.5 Å². The van der Waals surface area contributed by atoms with Gasteiger partial charge in [-0.2, -0.15) is 0 Å². The summed E-state index contributed by atoms with van der Waals surface area (Å²) in [4.78, 5) is 50.5. The van der Waals surface area contributed by atoms with E-state index in [0.717, 1.165) is 12.8 Å². The highest BCUT2D eigenvalue weighted by Gasteiger charge is 2.25. The number of carbonyl (C=O) groups is 4. The first-order chi connectivity index (χ1) is 13.5. The van der Waals surface area contributed by atoms with Crippen LogP contribution in [-0.2, 0) is 19.1 Å². The zero-order valence-electron chi connectivity index (χ0n) is 15.8. The number of aromatic amines is 1. The van der Waals surface area contributed by atoms with Crippen molar-refractivity contribution in [3.05, 3.63) is 36.2 Å². The highest BCUT2D eigenvalue weighted by molar-refractivity contribution is 5.95. The average molecular weight is 390 g/mol. The summed E-state index contributed by atoms with van der Waals surface area (Å²) >= 11 is 0. The van der Waals surface area contributed by atoms with Gasteiger partial charge in [0.15, 0.2) is 0 Å². The topological polar surface area (TPSA) is 129 Å². The number of hydrogen-bond donors (Lipinski definition) is 4. The molecule has 2 rings (SSSR count). The smallest absolute Gasteiger partial charge is 0.330 e. The van der Waals surface area contributed by atoms with Crippen molar-refractivity contribution in [3.63, 3.8) is 0 Å². The van der Waals surface area contributed by atoms with Gasteiger partial charge < -0.3 is 25.7 Å². The molecule has 0 aromatic carbocycles. The second-order valence-electron chi connectivity index (χ2n) is 6.42. The molecule has 0 saturated carbocycles. The number of amides is 3. The van der Waals surface area contributed by atoms with Gasteiger partial charge in [-0.15, -0.1) is 0 Å². The molecule has 4 N–H and O–H groups in total.